The van der Waals surface area contributed by atoms with E-state index >= 15 is 0 Å². The third-order valence-electron chi connectivity index (χ3n) is 3.03. The average molecular weight is 323 g/mol. The molecule has 0 radical (unpaired) electrons. The maximum absolute atomic E-state index is 13.3. The van der Waals surface area contributed by atoms with Gasteiger partial charge in [-0.15, -0.1) is 0 Å². The van der Waals surface area contributed by atoms with Gasteiger partial charge in [-0.05, 0) is 17.7 Å². The van der Waals surface area contributed by atoms with E-state index in [1.54, 1.807) is 6.07 Å². The Kier molecular flexibility index (Phi) is 4.26. The third-order valence-corrected chi connectivity index (χ3v) is 3.03. The van der Waals surface area contributed by atoms with Crippen LogP contribution in [0.25, 0.3) is 11.1 Å². The number of rotatable bonds is 2. The number of guanidine groups is 1. The summed E-state index contributed by atoms with van der Waals surface area (Å²) in [6, 6.07) is 8.86. The molecule has 0 unspecified atom stereocenters. The molecular weight excluding hydrogens is 311 g/mol. The lowest BCUT2D eigenvalue weighted by Crippen LogP contribution is -2.36. The highest BCUT2D eigenvalue weighted by molar-refractivity contribution is 6.10. The minimum Gasteiger partial charge on any atom is -0.507 e. The van der Waals surface area contributed by atoms with Gasteiger partial charge in [0.15, 0.2) is 5.96 Å². The molecule has 2 aromatic rings. The summed E-state index contributed by atoms with van der Waals surface area (Å²) in [5, 5.41) is 18.8. The molecule has 5 nitrogen and oxygen atoms in total. The molecule has 1 amide bonds. The summed E-state index contributed by atoms with van der Waals surface area (Å²) in [5.41, 5.74) is 3.00. The molecule has 0 aliphatic heterocycles. The number of nitrogens with one attached hydrogen (secondary N) is 2. The SMILES string of the molecule is N=C(N)NC(=O)c1c(O)ccc(C(F)(F)F)c1-c1ccccc1. The van der Waals surface area contributed by atoms with E-state index in [0.717, 1.165) is 6.07 Å². The molecule has 0 aliphatic carbocycles. The smallest absolute Gasteiger partial charge is 0.417 e. The summed E-state index contributed by atoms with van der Waals surface area (Å²) in [7, 11) is 0. The fourth-order valence-electron chi connectivity index (χ4n) is 2.15. The van der Waals surface area contributed by atoms with E-state index < -0.39 is 40.5 Å². The second kappa shape index (κ2) is 5.99. The minimum atomic E-state index is -4.73. The van der Waals surface area contributed by atoms with E-state index in [4.69, 9.17) is 11.1 Å². The first-order chi connectivity index (χ1) is 10.7. The van der Waals surface area contributed by atoms with Gasteiger partial charge in [0.2, 0.25) is 0 Å². The Hall–Kier alpha value is -3.03. The van der Waals surface area contributed by atoms with E-state index in [1.165, 1.54) is 24.3 Å². The van der Waals surface area contributed by atoms with Crippen LogP contribution in [-0.2, 0) is 6.18 Å². The van der Waals surface area contributed by atoms with Gasteiger partial charge in [-0.3, -0.25) is 15.5 Å². The Labute approximate surface area is 129 Å². The first-order valence-electron chi connectivity index (χ1n) is 6.35. The second-order valence-electron chi connectivity index (χ2n) is 4.61. The molecule has 0 saturated carbocycles. The quantitative estimate of drug-likeness (QED) is 0.505. The molecule has 0 fully saturated rings. The van der Waals surface area contributed by atoms with Gasteiger partial charge in [-0.1, -0.05) is 30.3 Å². The summed E-state index contributed by atoms with van der Waals surface area (Å²) in [6.45, 7) is 0. The number of amides is 1. The molecule has 5 N–H and O–H groups in total. The molecule has 23 heavy (non-hydrogen) atoms. The predicted octanol–water partition coefficient (Wildman–Crippen LogP) is 2.70. The van der Waals surface area contributed by atoms with E-state index in [9.17, 15) is 23.1 Å². The van der Waals surface area contributed by atoms with Crippen LogP contribution in [-0.4, -0.2) is 17.0 Å². The lowest BCUT2D eigenvalue weighted by Gasteiger charge is -2.18. The molecule has 0 atom stereocenters. The van der Waals surface area contributed by atoms with Crippen molar-refractivity contribution in [3.05, 3.63) is 53.6 Å². The number of hydrogen-bond acceptors (Lipinski definition) is 3. The number of aromatic hydroxyl groups is 1. The van der Waals surface area contributed by atoms with Gasteiger partial charge in [0, 0.05) is 5.56 Å². The molecule has 0 heterocycles. The Balaban J connectivity index is 2.79. The summed E-state index contributed by atoms with van der Waals surface area (Å²) in [5.74, 6) is -2.48. The topological polar surface area (TPSA) is 99.2 Å². The molecule has 0 aromatic heterocycles. The normalized spacial score (nSPS) is 11.1. The summed E-state index contributed by atoms with van der Waals surface area (Å²) >= 11 is 0. The van der Waals surface area contributed by atoms with Crippen LogP contribution < -0.4 is 11.1 Å². The number of benzene rings is 2. The van der Waals surface area contributed by atoms with Crippen molar-refractivity contribution in [2.75, 3.05) is 0 Å². The van der Waals surface area contributed by atoms with Gasteiger partial charge in [0.05, 0.1) is 11.1 Å². The number of hydrogen-bond donors (Lipinski definition) is 4. The van der Waals surface area contributed by atoms with Crippen LogP contribution in [0.3, 0.4) is 0 Å². The molecule has 0 bridgehead atoms. The fraction of sp³-hybridized carbons (Fsp3) is 0.0667. The van der Waals surface area contributed by atoms with Crippen molar-refractivity contribution in [3.8, 4) is 16.9 Å². The van der Waals surface area contributed by atoms with Gasteiger partial charge >= 0.3 is 6.18 Å². The Morgan fingerprint density at radius 3 is 2.26 bits per heavy atom. The van der Waals surface area contributed by atoms with Gasteiger partial charge in [0.25, 0.3) is 5.91 Å². The number of nitrogens with two attached hydrogens (primary N) is 1. The van der Waals surface area contributed by atoms with Crippen LogP contribution in [0.5, 0.6) is 5.75 Å². The third kappa shape index (κ3) is 3.42. The molecule has 2 rings (SSSR count). The summed E-state index contributed by atoms with van der Waals surface area (Å²) in [4.78, 5) is 12.1. The second-order valence-corrected chi connectivity index (χ2v) is 4.61. The van der Waals surface area contributed by atoms with Crippen molar-refractivity contribution in [2.24, 2.45) is 5.73 Å². The Morgan fingerprint density at radius 1 is 1.13 bits per heavy atom. The number of phenolic OH excluding ortho intramolecular Hbond substituents is 1. The molecule has 120 valence electrons. The highest BCUT2D eigenvalue weighted by Gasteiger charge is 2.36. The van der Waals surface area contributed by atoms with Crippen molar-refractivity contribution >= 4 is 11.9 Å². The molecule has 2 aromatic carbocycles. The number of phenols is 1. The standard InChI is InChI=1S/C15H12F3N3O2/c16-15(17,18)9-6-7-10(22)12(13(23)21-14(19)20)11(9)8-4-2-1-3-5-8/h1-7,22H,(H4,19,20,21,23). The highest BCUT2D eigenvalue weighted by atomic mass is 19.4. The molecular formula is C15H12F3N3O2. The van der Waals surface area contributed by atoms with Crippen LogP contribution in [0.1, 0.15) is 15.9 Å². The highest BCUT2D eigenvalue weighted by Crippen LogP contribution is 2.41. The predicted molar refractivity (Wildman–Crippen MR) is 77.9 cm³/mol. The fourth-order valence-corrected chi connectivity index (χ4v) is 2.15. The van der Waals surface area contributed by atoms with Crippen LogP contribution in [0.4, 0.5) is 13.2 Å². The zero-order valence-corrected chi connectivity index (χ0v) is 11.6. The van der Waals surface area contributed by atoms with Crippen LogP contribution in [0.2, 0.25) is 0 Å². The lowest BCUT2D eigenvalue weighted by atomic mass is 9.92. The van der Waals surface area contributed by atoms with E-state index in [-0.39, 0.29) is 5.56 Å². The maximum Gasteiger partial charge on any atom is 0.417 e. The average Bonchev–Trinajstić information content (AvgIpc) is 2.45. The first-order valence-corrected chi connectivity index (χ1v) is 6.35. The van der Waals surface area contributed by atoms with Crippen LogP contribution >= 0.6 is 0 Å². The lowest BCUT2D eigenvalue weighted by molar-refractivity contribution is -0.137. The van der Waals surface area contributed by atoms with Crippen molar-refractivity contribution in [2.45, 2.75) is 6.18 Å². The van der Waals surface area contributed by atoms with Crippen molar-refractivity contribution in [1.29, 1.82) is 5.41 Å². The Bertz CT molecular complexity index is 759. The van der Waals surface area contributed by atoms with E-state index in [2.05, 4.69) is 0 Å². The number of carbonyl (C=O) groups is 1. The number of alkyl halides is 3. The largest absolute Gasteiger partial charge is 0.507 e. The van der Waals surface area contributed by atoms with E-state index in [0.29, 0.717) is 6.07 Å². The minimum absolute atomic E-state index is 0.101. The van der Waals surface area contributed by atoms with E-state index in [1.807, 2.05) is 5.32 Å². The number of carbonyl (C=O) groups excluding carboxylic acids is 1. The van der Waals surface area contributed by atoms with Gasteiger partial charge in [-0.25, -0.2) is 0 Å². The maximum atomic E-state index is 13.3. The van der Waals surface area contributed by atoms with Gasteiger partial charge in [0.1, 0.15) is 5.75 Å². The molecule has 0 spiro atoms. The molecule has 0 saturated heterocycles. The van der Waals surface area contributed by atoms with Crippen molar-refractivity contribution in [3.63, 3.8) is 0 Å². The molecule has 0 aliphatic rings. The van der Waals surface area contributed by atoms with Crippen LogP contribution in [0, 0.1) is 5.41 Å². The first kappa shape index (κ1) is 16.3. The zero-order valence-electron chi connectivity index (χ0n) is 11.6. The zero-order chi connectivity index (χ0) is 17.2. The molecule has 8 heteroatoms. The van der Waals surface area contributed by atoms with Crippen molar-refractivity contribution < 1.29 is 23.1 Å². The van der Waals surface area contributed by atoms with Gasteiger partial charge < -0.3 is 10.8 Å². The summed E-state index contributed by atoms with van der Waals surface area (Å²) < 4.78 is 39.9. The monoisotopic (exact) mass is 323 g/mol. The number of halogens is 3. The Morgan fingerprint density at radius 2 is 1.74 bits per heavy atom. The van der Waals surface area contributed by atoms with Gasteiger partial charge in [-0.2, -0.15) is 13.2 Å². The van der Waals surface area contributed by atoms with Crippen molar-refractivity contribution in [1.82, 2.24) is 5.32 Å². The van der Waals surface area contributed by atoms with Crippen LogP contribution in [0.15, 0.2) is 42.5 Å². The summed E-state index contributed by atoms with van der Waals surface area (Å²) in [6.07, 6.45) is -4.73.